The molecular formula is C21H26N6OS. The second-order valence-corrected chi connectivity index (χ2v) is 8.21. The quantitative estimate of drug-likeness (QED) is 0.648. The van der Waals surface area contributed by atoms with Crippen LogP contribution in [0.4, 0.5) is 0 Å². The van der Waals surface area contributed by atoms with Gasteiger partial charge < -0.3 is 5.32 Å². The summed E-state index contributed by atoms with van der Waals surface area (Å²) in [6.45, 7) is 5.16. The summed E-state index contributed by atoms with van der Waals surface area (Å²) in [4.78, 5) is 24.6. The maximum absolute atomic E-state index is 12.6. The van der Waals surface area contributed by atoms with Crippen LogP contribution in [0.1, 0.15) is 26.2 Å². The average Bonchev–Trinajstić information content (AvgIpc) is 3.44. The van der Waals surface area contributed by atoms with E-state index in [0.717, 1.165) is 34.9 Å². The third kappa shape index (κ3) is 4.54. The number of hydrogen-bond acceptors (Lipinski definition) is 6. The molecule has 1 amide bonds. The van der Waals surface area contributed by atoms with Gasteiger partial charge in [-0.25, -0.2) is 0 Å². The van der Waals surface area contributed by atoms with Gasteiger partial charge in [-0.3, -0.25) is 24.3 Å². The molecule has 4 rings (SSSR count). The first-order valence-corrected chi connectivity index (χ1v) is 11.0. The molecule has 1 saturated heterocycles. The highest BCUT2D eigenvalue weighted by atomic mass is 32.1. The summed E-state index contributed by atoms with van der Waals surface area (Å²) in [7, 11) is 0. The highest BCUT2D eigenvalue weighted by Gasteiger charge is 2.23. The van der Waals surface area contributed by atoms with E-state index in [1.807, 2.05) is 23.9 Å². The van der Waals surface area contributed by atoms with Crippen molar-refractivity contribution in [2.45, 2.75) is 38.8 Å². The van der Waals surface area contributed by atoms with E-state index in [-0.39, 0.29) is 11.9 Å². The fraction of sp³-hybridized carbons (Fsp3) is 0.429. The maximum Gasteiger partial charge on any atom is 0.237 e. The predicted molar refractivity (Wildman–Crippen MR) is 114 cm³/mol. The lowest BCUT2D eigenvalue weighted by molar-refractivity contribution is -0.126. The van der Waals surface area contributed by atoms with Crippen molar-refractivity contribution in [1.29, 1.82) is 0 Å². The van der Waals surface area contributed by atoms with Crippen molar-refractivity contribution in [2.24, 2.45) is 0 Å². The molecule has 0 saturated carbocycles. The number of nitrogens with one attached hydrogen (secondary N) is 1. The molecule has 1 fully saturated rings. The van der Waals surface area contributed by atoms with Crippen molar-refractivity contribution in [2.75, 3.05) is 19.6 Å². The van der Waals surface area contributed by atoms with Crippen molar-refractivity contribution in [3.8, 4) is 21.8 Å². The van der Waals surface area contributed by atoms with Crippen LogP contribution in [0.3, 0.4) is 0 Å². The molecule has 7 nitrogen and oxygen atoms in total. The van der Waals surface area contributed by atoms with Crippen LogP contribution in [0, 0.1) is 0 Å². The van der Waals surface area contributed by atoms with Gasteiger partial charge in [-0.05, 0) is 44.3 Å². The molecule has 1 N–H and O–H groups in total. The number of thiophene rings is 1. The number of amides is 1. The zero-order valence-electron chi connectivity index (χ0n) is 16.6. The second-order valence-electron chi connectivity index (χ2n) is 7.26. The van der Waals surface area contributed by atoms with Crippen molar-refractivity contribution in [3.05, 3.63) is 42.3 Å². The molecule has 0 radical (unpaired) electrons. The van der Waals surface area contributed by atoms with Crippen LogP contribution in [0.5, 0.6) is 0 Å². The first kappa shape index (κ1) is 19.7. The Bertz CT molecular complexity index is 918. The lowest BCUT2D eigenvalue weighted by atomic mass is 10.1. The minimum absolute atomic E-state index is 0.0835. The molecule has 1 atom stereocenters. The summed E-state index contributed by atoms with van der Waals surface area (Å²) in [5.74, 6) is 0.0888. The van der Waals surface area contributed by atoms with Gasteiger partial charge in [-0.15, -0.1) is 11.3 Å². The number of aromatic nitrogens is 4. The molecule has 1 aliphatic rings. The Morgan fingerprint density at radius 1 is 1.24 bits per heavy atom. The average molecular weight is 411 g/mol. The van der Waals surface area contributed by atoms with E-state index in [2.05, 4.69) is 36.7 Å². The Morgan fingerprint density at radius 3 is 2.83 bits per heavy atom. The molecule has 3 aromatic heterocycles. The number of piperidine rings is 1. The molecule has 4 heterocycles. The zero-order chi connectivity index (χ0) is 20.1. The van der Waals surface area contributed by atoms with Crippen molar-refractivity contribution < 1.29 is 4.79 Å². The van der Waals surface area contributed by atoms with Crippen LogP contribution < -0.4 is 5.32 Å². The number of carbonyl (C=O) groups excluding carboxylic acids is 1. The summed E-state index contributed by atoms with van der Waals surface area (Å²) in [5, 5.41) is 9.71. The molecule has 29 heavy (non-hydrogen) atoms. The Hall–Kier alpha value is -2.58. The minimum atomic E-state index is -0.0835. The lowest BCUT2D eigenvalue weighted by Gasteiger charge is -2.31. The normalized spacial score (nSPS) is 15.9. The molecule has 8 heteroatoms. The molecule has 0 unspecified atom stereocenters. The van der Waals surface area contributed by atoms with Gasteiger partial charge in [-0.1, -0.05) is 12.5 Å². The number of rotatable bonds is 7. The van der Waals surface area contributed by atoms with Crippen molar-refractivity contribution in [3.63, 3.8) is 0 Å². The number of likely N-dealkylation sites (tertiary alicyclic amines) is 1. The van der Waals surface area contributed by atoms with Gasteiger partial charge in [0.15, 0.2) is 0 Å². The Labute approximate surface area is 174 Å². The highest BCUT2D eigenvalue weighted by molar-refractivity contribution is 7.13. The van der Waals surface area contributed by atoms with Crippen LogP contribution in [0.2, 0.25) is 0 Å². The first-order chi connectivity index (χ1) is 14.2. The van der Waals surface area contributed by atoms with E-state index < -0.39 is 0 Å². The third-order valence-corrected chi connectivity index (χ3v) is 6.25. The first-order valence-electron chi connectivity index (χ1n) is 10.1. The lowest BCUT2D eigenvalue weighted by Crippen LogP contribution is -2.47. The second kappa shape index (κ2) is 9.28. The molecular weight excluding hydrogens is 384 g/mol. The minimum Gasteiger partial charge on any atom is -0.353 e. The highest BCUT2D eigenvalue weighted by Crippen LogP contribution is 2.33. The van der Waals surface area contributed by atoms with Gasteiger partial charge in [0, 0.05) is 24.5 Å². The summed E-state index contributed by atoms with van der Waals surface area (Å²) in [6.07, 6.45) is 10.6. The largest absolute Gasteiger partial charge is 0.353 e. The number of hydrogen-bond donors (Lipinski definition) is 1. The molecule has 0 aliphatic carbocycles. The van der Waals surface area contributed by atoms with E-state index >= 15 is 0 Å². The topological polar surface area (TPSA) is 75.9 Å². The van der Waals surface area contributed by atoms with Gasteiger partial charge >= 0.3 is 0 Å². The van der Waals surface area contributed by atoms with Crippen LogP contribution >= 0.6 is 11.3 Å². The van der Waals surface area contributed by atoms with Crippen LogP contribution in [0.25, 0.3) is 21.8 Å². The SMILES string of the molecule is C[C@@H](C(=O)NCCn1ncc(-c2cnccn2)c1-c1cccs1)N1CCCCC1. The molecule has 3 aromatic rings. The number of carbonyl (C=O) groups is 1. The van der Waals surface area contributed by atoms with Gasteiger partial charge in [0.1, 0.15) is 0 Å². The molecule has 1 aliphatic heterocycles. The van der Waals surface area contributed by atoms with E-state index in [1.54, 1.807) is 29.9 Å². The fourth-order valence-electron chi connectivity index (χ4n) is 3.76. The van der Waals surface area contributed by atoms with E-state index in [9.17, 15) is 4.79 Å². The van der Waals surface area contributed by atoms with Gasteiger partial charge in [-0.2, -0.15) is 5.10 Å². The monoisotopic (exact) mass is 410 g/mol. The van der Waals surface area contributed by atoms with Crippen LogP contribution in [-0.4, -0.2) is 56.2 Å². The van der Waals surface area contributed by atoms with E-state index in [1.165, 1.54) is 19.3 Å². The van der Waals surface area contributed by atoms with Crippen molar-refractivity contribution >= 4 is 17.2 Å². The zero-order valence-corrected chi connectivity index (χ0v) is 17.4. The van der Waals surface area contributed by atoms with Gasteiger partial charge in [0.25, 0.3) is 0 Å². The van der Waals surface area contributed by atoms with Crippen LogP contribution in [0.15, 0.2) is 42.3 Å². The third-order valence-electron chi connectivity index (χ3n) is 5.37. The fourth-order valence-corrected chi connectivity index (χ4v) is 4.55. The van der Waals surface area contributed by atoms with E-state index in [0.29, 0.717) is 13.1 Å². The molecule has 0 aromatic carbocycles. The Balaban J connectivity index is 1.45. The summed E-state index contributed by atoms with van der Waals surface area (Å²) in [6, 6.07) is 4.02. The van der Waals surface area contributed by atoms with Gasteiger partial charge in [0.05, 0.1) is 41.2 Å². The molecule has 0 spiro atoms. The smallest absolute Gasteiger partial charge is 0.237 e. The van der Waals surface area contributed by atoms with E-state index in [4.69, 9.17) is 0 Å². The number of nitrogens with zero attached hydrogens (tertiary/aromatic N) is 5. The standard InChI is InChI=1S/C21H26N6OS/c1-16(26-10-3-2-4-11-26)21(28)24-9-12-27-20(19-6-5-13-29-19)17(14-25-27)18-15-22-7-8-23-18/h5-8,13-16H,2-4,9-12H2,1H3,(H,24,28)/t16-/m0/s1. The van der Waals surface area contributed by atoms with Gasteiger partial charge in [0.2, 0.25) is 5.91 Å². The summed E-state index contributed by atoms with van der Waals surface area (Å²) >= 11 is 1.66. The van der Waals surface area contributed by atoms with Crippen molar-refractivity contribution in [1.82, 2.24) is 30.0 Å². The summed E-state index contributed by atoms with van der Waals surface area (Å²) < 4.78 is 1.95. The maximum atomic E-state index is 12.6. The van der Waals surface area contributed by atoms with Crippen LogP contribution in [-0.2, 0) is 11.3 Å². The Kier molecular flexibility index (Phi) is 6.31. The molecule has 0 bridgehead atoms. The Morgan fingerprint density at radius 2 is 2.10 bits per heavy atom. The predicted octanol–water partition coefficient (Wildman–Crippen LogP) is 3.06. The molecule has 152 valence electrons. The summed E-state index contributed by atoms with van der Waals surface area (Å²) in [5.41, 5.74) is 2.76.